The molecule has 0 aliphatic heterocycles. The summed E-state index contributed by atoms with van der Waals surface area (Å²) >= 11 is 16.5. The molecule has 0 aliphatic rings. The standard InChI is InChI=1S/C12H7BrCl2O2S/c13-7-4-5-18-12(7)9(16)6-17-10-3-1-2-8(14)11(10)15/h1-5H,6H2. The number of ether oxygens (including phenoxy) is 1. The van der Waals surface area contributed by atoms with Gasteiger partial charge in [-0.2, -0.15) is 0 Å². The Morgan fingerprint density at radius 2 is 2.11 bits per heavy atom. The number of carbonyl (C=O) groups is 1. The van der Waals surface area contributed by atoms with Crippen LogP contribution in [0.1, 0.15) is 9.67 Å². The van der Waals surface area contributed by atoms with Crippen LogP contribution in [0.2, 0.25) is 10.0 Å². The molecule has 0 N–H and O–H groups in total. The minimum absolute atomic E-state index is 0.0703. The molecule has 1 aromatic heterocycles. The van der Waals surface area contributed by atoms with E-state index in [-0.39, 0.29) is 12.4 Å². The number of hydrogen-bond donors (Lipinski definition) is 0. The molecule has 2 aromatic rings. The number of Topliss-reactive ketones (excluding diaryl/α,β-unsaturated/α-hetero) is 1. The van der Waals surface area contributed by atoms with E-state index >= 15 is 0 Å². The molecule has 0 saturated carbocycles. The molecule has 6 heteroatoms. The lowest BCUT2D eigenvalue weighted by Crippen LogP contribution is -2.10. The second kappa shape index (κ2) is 6.06. The normalized spacial score (nSPS) is 10.4. The summed E-state index contributed by atoms with van der Waals surface area (Å²) in [6.07, 6.45) is 0. The maximum absolute atomic E-state index is 11.9. The summed E-state index contributed by atoms with van der Waals surface area (Å²) in [5, 5.41) is 2.56. The molecule has 0 radical (unpaired) electrons. The number of carbonyl (C=O) groups excluding carboxylic acids is 1. The van der Waals surface area contributed by atoms with Gasteiger partial charge in [-0.15, -0.1) is 11.3 Å². The number of ketones is 1. The third-order valence-corrected chi connectivity index (χ3v) is 4.83. The molecule has 0 saturated heterocycles. The Labute approximate surface area is 127 Å². The van der Waals surface area contributed by atoms with Gasteiger partial charge in [0.2, 0.25) is 5.78 Å². The van der Waals surface area contributed by atoms with Crippen LogP contribution < -0.4 is 4.74 Å². The molecule has 0 amide bonds. The first-order chi connectivity index (χ1) is 8.59. The summed E-state index contributed by atoms with van der Waals surface area (Å²) < 4.78 is 6.15. The monoisotopic (exact) mass is 364 g/mol. The minimum Gasteiger partial charge on any atom is -0.484 e. The zero-order valence-electron chi connectivity index (χ0n) is 8.95. The molecule has 94 valence electrons. The van der Waals surface area contributed by atoms with E-state index in [4.69, 9.17) is 27.9 Å². The largest absolute Gasteiger partial charge is 0.484 e. The van der Waals surface area contributed by atoms with Crippen molar-refractivity contribution in [3.05, 3.63) is 49.0 Å². The second-order valence-electron chi connectivity index (χ2n) is 3.36. The molecule has 0 atom stereocenters. The number of thiophene rings is 1. The fourth-order valence-electron chi connectivity index (χ4n) is 1.30. The van der Waals surface area contributed by atoms with Crippen LogP contribution in [0.15, 0.2) is 34.1 Å². The molecule has 18 heavy (non-hydrogen) atoms. The minimum atomic E-state index is -0.104. The number of benzene rings is 1. The lowest BCUT2D eigenvalue weighted by molar-refractivity contribution is 0.0925. The Kier molecular flexibility index (Phi) is 4.67. The van der Waals surface area contributed by atoms with Crippen LogP contribution >= 0.6 is 50.5 Å². The van der Waals surface area contributed by atoms with Crippen LogP contribution in [-0.4, -0.2) is 12.4 Å². The Balaban J connectivity index is 2.06. The van der Waals surface area contributed by atoms with E-state index in [1.807, 2.05) is 11.4 Å². The summed E-state index contributed by atoms with van der Waals surface area (Å²) in [6, 6.07) is 6.87. The number of rotatable bonds is 4. The second-order valence-corrected chi connectivity index (χ2v) is 5.92. The van der Waals surface area contributed by atoms with Crippen molar-refractivity contribution in [3.8, 4) is 5.75 Å². The highest BCUT2D eigenvalue weighted by molar-refractivity contribution is 9.10. The van der Waals surface area contributed by atoms with E-state index in [1.54, 1.807) is 18.2 Å². The Morgan fingerprint density at radius 1 is 1.33 bits per heavy atom. The fourth-order valence-corrected chi connectivity index (χ4v) is 3.16. The van der Waals surface area contributed by atoms with Crippen LogP contribution in [0.4, 0.5) is 0 Å². The Morgan fingerprint density at radius 3 is 2.78 bits per heavy atom. The first-order valence-corrected chi connectivity index (χ1v) is 7.35. The van der Waals surface area contributed by atoms with Crippen LogP contribution in [0, 0.1) is 0 Å². The molecule has 2 rings (SSSR count). The Bertz CT molecular complexity index is 583. The third kappa shape index (κ3) is 3.06. The van der Waals surface area contributed by atoms with Crippen LogP contribution in [-0.2, 0) is 0 Å². The summed E-state index contributed by atoms with van der Waals surface area (Å²) in [4.78, 5) is 12.5. The van der Waals surface area contributed by atoms with E-state index in [0.29, 0.717) is 20.7 Å². The fraction of sp³-hybridized carbons (Fsp3) is 0.0833. The van der Waals surface area contributed by atoms with Gasteiger partial charge in [0.05, 0.1) is 9.90 Å². The molecule has 2 nitrogen and oxygen atoms in total. The molecule has 0 aliphatic carbocycles. The van der Waals surface area contributed by atoms with Gasteiger partial charge in [-0.05, 0) is 39.5 Å². The van der Waals surface area contributed by atoms with Crippen molar-refractivity contribution in [1.29, 1.82) is 0 Å². The van der Waals surface area contributed by atoms with E-state index in [9.17, 15) is 4.79 Å². The van der Waals surface area contributed by atoms with Gasteiger partial charge in [0.15, 0.2) is 6.61 Å². The zero-order valence-corrected chi connectivity index (χ0v) is 12.9. The first-order valence-electron chi connectivity index (χ1n) is 4.92. The molecular formula is C12H7BrCl2O2S. The summed E-state index contributed by atoms with van der Waals surface area (Å²) in [5.74, 6) is 0.304. The molecule has 1 heterocycles. The van der Waals surface area contributed by atoms with Gasteiger partial charge in [-0.25, -0.2) is 0 Å². The van der Waals surface area contributed by atoms with Crippen LogP contribution in [0.5, 0.6) is 5.75 Å². The number of hydrogen-bond acceptors (Lipinski definition) is 3. The van der Waals surface area contributed by atoms with E-state index in [2.05, 4.69) is 15.9 Å². The van der Waals surface area contributed by atoms with Crippen molar-refractivity contribution < 1.29 is 9.53 Å². The molecule has 0 spiro atoms. The predicted octanol–water partition coefficient (Wildman–Crippen LogP) is 5.08. The lowest BCUT2D eigenvalue weighted by atomic mass is 10.3. The quantitative estimate of drug-likeness (QED) is 0.706. The lowest BCUT2D eigenvalue weighted by Gasteiger charge is -2.07. The highest BCUT2D eigenvalue weighted by Gasteiger charge is 2.13. The predicted molar refractivity (Wildman–Crippen MR) is 78.3 cm³/mol. The van der Waals surface area contributed by atoms with Gasteiger partial charge in [0, 0.05) is 4.47 Å². The summed E-state index contributed by atoms with van der Waals surface area (Å²) in [5.41, 5.74) is 0. The van der Waals surface area contributed by atoms with Crippen molar-refractivity contribution in [3.63, 3.8) is 0 Å². The summed E-state index contributed by atoms with van der Waals surface area (Å²) in [7, 11) is 0. The van der Waals surface area contributed by atoms with Gasteiger partial charge in [-0.3, -0.25) is 4.79 Å². The topological polar surface area (TPSA) is 26.3 Å². The van der Waals surface area contributed by atoms with Gasteiger partial charge < -0.3 is 4.74 Å². The van der Waals surface area contributed by atoms with Crippen molar-refractivity contribution in [1.82, 2.24) is 0 Å². The maximum atomic E-state index is 11.9. The van der Waals surface area contributed by atoms with Crippen molar-refractivity contribution in [2.45, 2.75) is 0 Å². The van der Waals surface area contributed by atoms with Crippen molar-refractivity contribution in [2.75, 3.05) is 6.61 Å². The van der Waals surface area contributed by atoms with Crippen molar-refractivity contribution in [2.24, 2.45) is 0 Å². The van der Waals surface area contributed by atoms with Gasteiger partial charge in [0.25, 0.3) is 0 Å². The maximum Gasteiger partial charge on any atom is 0.211 e. The van der Waals surface area contributed by atoms with Gasteiger partial charge >= 0.3 is 0 Å². The van der Waals surface area contributed by atoms with Gasteiger partial charge in [0.1, 0.15) is 10.8 Å². The SMILES string of the molecule is O=C(COc1cccc(Cl)c1Cl)c1sccc1Br. The van der Waals surface area contributed by atoms with Crippen LogP contribution in [0.3, 0.4) is 0 Å². The molecule has 0 unspecified atom stereocenters. The average Bonchev–Trinajstić information content (AvgIpc) is 2.77. The average molecular weight is 366 g/mol. The summed E-state index contributed by atoms with van der Waals surface area (Å²) in [6.45, 7) is -0.0703. The molecule has 1 aromatic carbocycles. The highest BCUT2D eigenvalue weighted by Crippen LogP contribution is 2.31. The first kappa shape index (κ1) is 13.9. The van der Waals surface area contributed by atoms with E-state index in [1.165, 1.54) is 11.3 Å². The molecule has 0 fully saturated rings. The molecule has 0 bridgehead atoms. The smallest absolute Gasteiger partial charge is 0.211 e. The van der Waals surface area contributed by atoms with Crippen LogP contribution in [0.25, 0.3) is 0 Å². The van der Waals surface area contributed by atoms with E-state index < -0.39 is 0 Å². The van der Waals surface area contributed by atoms with Gasteiger partial charge in [-0.1, -0.05) is 29.3 Å². The number of halogens is 3. The zero-order chi connectivity index (χ0) is 13.1. The molecular weight excluding hydrogens is 359 g/mol. The Hall–Kier alpha value is -0.550. The van der Waals surface area contributed by atoms with Crippen molar-refractivity contribution >= 4 is 56.3 Å². The highest BCUT2D eigenvalue weighted by atomic mass is 79.9. The van der Waals surface area contributed by atoms with E-state index in [0.717, 1.165) is 4.47 Å². The third-order valence-electron chi connectivity index (χ3n) is 2.15.